The Balaban J connectivity index is 1.45. The number of hydrogen-bond acceptors (Lipinski definition) is 3. The summed E-state index contributed by atoms with van der Waals surface area (Å²) in [6, 6.07) is 5.51. The Morgan fingerprint density at radius 2 is 2.33 bits per heavy atom. The highest BCUT2D eigenvalue weighted by Gasteiger charge is 2.33. The van der Waals surface area contributed by atoms with Gasteiger partial charge in [0.2, 0.25) is 0 Å². The van der Waals surface area contributed by atoms with Crippen LogP contribution >= 0.6 is 0 Å². The minimum absolute atomic E-state index is 0.590. The molecule has 0 bridgehead atoms. The molecule has 0 aromatic carbocycles. The lowest BCUT2D eigenvalue weighted by Gasteiger charge is -2.39. The summed E-state index contributed by atoms with van der Waals surface area (Å²) in [4.78, 5) is 4.20. The predicted molar refractivity (Wildman–Crippen MR) is 71.5 cm³/mol. The number of ether oxygens (including phenoxy) is 1. The Bertz CT molecular complexity index is 369. The lowest BCUT2D eigenvalue weighted by molar-refractivity contribution is 0.170. The molecule has 0 amide bonds. The number of pyridine rings is 1. The zero-order valence-electron chi connectivity index (χ0n) is 11.0. The standard InChI is InChI=1S/C15H22N2O/c1-11(13-4-6-18-10-13)17-15-7-14(8-15)12-3-2-5-16-9-12/h2-3,5,9,11,13-15,17H,4,6-8,10H2,1H3. The molecule has 0 spiro atoms. The fourth-order valence-corrected chi connectivity index (χ4v) is 3.10. The highest BCUT2D eigenvalue weighted by atomic mass is 16.5. The van der Waals surface area contributed by atoms with Crippen LogP contribution in [0, 0.1) is 5.92 Å². The summed E-state index contributed by atoms with van der Waals surface area (Å²) in [6.45, 7) is 4.18. The molecule has 1 N–H and O–H groups in total. The number of aromatic nitrogens is 1. The molecule has 2 unspecified atom stereocenters. The average molecular weight is 246 g/mol. The van der Waals surface area contributed by atoms with Crippen LogP contribution < -0.4 is 5.32 Å². The van der Waals surface area contributed by atoms with Crippen molar-refractivity contribution in [2.45, 2.75) is 44.2 Å². The Hall–Kier alpha value is -0.930. The summed E-state index contributed by atoms with van der Waals surface area (Å²) in [6.07, 6.45) is 7.58. The zero-order valence-corrected chi connectivity index (χ0v) is 11.0. The summed E-state index contributed by atoms with van der Waals surface area (Å²) in [7, 11) is 0. The van der Waals surface area contributed by atoms with Gasteiger partial charge in [-0.15, -0.1) is 0 Å². The summed E-state index contributed by atoms with van der Waals surface area (Å²) < 4.78 is 5.45. The van der Waals surface area contributed by atoms with Crippen molar-refractivity contribution in [3.63, 3.8) is 0 Å². The molecule has 0 radical (unpaired) electrons. The van der Waals surface area contributed by atoms with Crippen molar-refractivity contribution in [2.75, 3.05) is 13.2 Å². The van der Waals surface area contributed by atoms with E-state index in [0.29, 0.717) is 23.9 Å². The largest absolute Gasteiger partial charge is 0.381 e. The molecule has 2 heterocycles. The van der Waals surface area contributed by atoms with Crippen LogP contribution in [0.3, 0.4) is 0 Å². The maximum atomic E-state index is 5.45. The van der Waals surface area contributed by atoms with Gasteiger partial charge in [-0.25, -0.2) is 0 Å². The highest BCUT2D eigenvalue weighted by molar-refractivity contribution is 5.19. The predicted octanol–water partition coefficient (Wildman–Crippen LogP) is 2.34. The van der Waals surface area contributed by atoms with Gasteiger partial charge < -0.3 is 10.1 Å². The highest BCUT2D eigenvalue weighted by Crippen LogP contribution is 2.37. The third-order valence-corrected chi connectivity index (χ3v) is 4.46. The molecule has 1 saturated carbocycles. The van der Waals surface area contributed by atoms with Crippen LogP contribution in [0.25, 0.3) is 0 Å². The number of hydrogen-bond donors (Lipinski definition) is 1. The fraction of sp³-hybridized carbons (Fsp3) is 0.667. The van der Waals surface area contributed by atoms with Gasteiger partial charge in [-0.2, -0.15) is 0 Å². The maximum absolute atomic E-state index is 5.45. The van der Waals surface area contributed by atoms with E-state index < -0.39 is 0 Å². The second-order valence-corrected chi connectivity index (χ2v) is 5.73. The first-order valence-electron chi connectivity index (χ1n) is 7.06. The number of rotatable bonds is 4. The van der Waals surface area contributed by atoms with E-state index in [1.165, 1.54) is 24.8 Å². The first-order valence-corrected chi connectivity index (χ1v) is 7.06. The third kappa shape index (κ3) is 2.57. The molecule has 1 saturated heterocycles. The van der Waals surface area contributed by atoms with Crippen LogP contribution in [0.15, 0.2) is 24.5 Å². The van der Waals surface area contributed by atoms with E-state index in [1.54, 1.807) is 0 Å². The Morgan fingerprint density at radius 1 is 1.44 bits per heavy atom. The van der Waals surface area contributed by atoms with Gasteiger partial charge in [0.15, 0.2) is 0 Å². The topological polar surface area (TPSA) is 34.2 Å². The summed E-state index contributed by atoms with van der Waals surface area (Å²) in [5.41, 5.74) is 1.40. The molecule has 3 heteroatoms. The lowest BCUT2D eigenvalue weighted by atomic mass is 9.76. The second kappa shape index (κ2) is 5.37. The van der Waals surface area contributed by atoms with E-state index >= 15 is 0 Å². The van der Waals surface area contributed by atoms with Crippen LogP contribution in [0.1, 0.15) is 37.7 Å². The molecule has 2 atom stereocenters. The monoisotopic (exact) mass is 246 g/mol. The van der Waals surface area contributed by atoms with Crippen molar-refractivity contribution in [1.29, 1.82) is 0 Å². The van der Waals surface area contributed by atoms with Gasteiger partial charge in [0, 0.05) is 31.1 Å². The third-order valence-electron chi connectivity index (χ3n) is 4.46. The normalized spacial score (nSPS) is 33.1. The van der Waals surface area contributed by atoms with E-state index in [4.69, 9.17) is 4.74 Å². The summed E-state index contributed by atoms with van der Waals surface area (Å²) in [5, 5.41) is 3.76. The first kappa shape index (κ1) is 12.1. The van der Waals surface area contributed by atoms with Crippen molar-refractivity contribution >= 4 is 0 Å². The smallest absolute Gasteiger partial charge is 0.0509 e. The van der Waals surface area contributed by atoms with Gasteiger partial charge >= 0.3 is 0 Å². The first-order chi connectivity index (χ1) is 8.83. The zero-order chi connectivity index (χ0) is 12.4. The van der Waals surface area contributed by atoms with E-state index in [2.05, 4.69) is 23.3 Å². The van der Waals surface area contributed by atoms with Gasteiger partial charge in [-0.3, -0.25) is 4.98 Å². The van der Waals surface area contributed by atoms with Crippen LogP contribution in [-0.2, 0) is 4.74 Å². The summed E-state index contributed by atoms with van der Waals surface area (Å²) >= 11 is 0. The van der Waals surface area contributed by atoms with Crippen LogP contribution in [0.5, 0.6) is 0 Å². The van der Waals surface area contributed by atoms with Gasteiger partial charge in [0.25, 0.3) is 0 Å². The molecular weight excluding hydrogens is 224 g/mol. The van der Waals surface area contributed by atoms with Gasteiger partial charge in [-0.1, -0.05) is 6.07 Å². The van der Waals surface area contributed by atoms with Crippen molar-refractivity contribution in [2.24, 2.45) is 5.92 Å². The Kier molecular flexibility index (Phi) is 3.62. The quantitative estimate of drug-likeness (QED) is 0.885. The molecule has 2 fully saturated rings. The van der Waals surface area contributed by atoms with Gasteiger partial charge in [0.1, 0.15) is 0 Å². The SMILES string of the molecule is CC(NC1CC(c2cccnc2)C1)C1CCOC1. The molecule has 1 aromatic heterocycles. The summed E-state index contributed by atoms with van der Waals surface area (Å²) in [5.74, 6) is 1.42. The van der Waals surface area contributed by atoms with Crippen LogP contribution in [-0.4, -0.2) is 30.3 Å². The number of nitrogens with zero attached hydrogens (tertiary/aromatic N) is 1. The van der Waals surface area contributed by atoms with Crippen LogP contribution in [0.2, 0.25) is 0 Å². The van der Waals surface area contributed by atoms with Crippen LogP contribution in [0.4, 0.5) is 0 Å². The maximum Gasteiger partial charge on any atom is 0.0509 e. The minimum Gasteiger partial charge on any atom is -0.381 e. The minimum atomic E-state index is 0.590. The van der Waals surface area contributed by atoms with Crippen molar-refractivity contribution < 1.29 is 4.74 Å². The average Bonchev–Trinajstić information content (AvgIpc) is 2.88. The van der Waals surface area contributed by atoms with Crippen molar-refractivity contribution in [3.05, 3.63) is 30.1 Å². The molecule has 98 valence electrons. The van der Waals surface area contributed by atoms with Gasteiger partial charge in [0.05, 0.1) is 6.61 Å². The van der Waals surface area contributed by atoms with E-state index in [9.17, 15) is 0 Å². The lowest BCUT2D eigenvalue weighted by Crippen LogP contribution is -2.47. The molecule has 18 heavy (non-hydrogen) atoms. The van der Waals surface area contributed by atoms with Gasteiger partial charge in [-0.05, 0) is 49.7 Å². The van der Waals surface area contributed by atoms with E-state index in [0.717, 1.165) is 13.2 Å². The molecule has 1 aliphatic carbocycles. The Morgan fingerprint density at radius 3 is 3.00 bits per heavy atom. The number of nitrogens with one attached hydrogen (secondary N) is 1. The molecule has 1 aromatic rings. The fourth-order valence-electron chi connectivity index (χ4n) is 3.10. The second-order valence-electron chi connectivity index (χ2n) is 5.73. The molecule has 3 rings (SSSR count). The molecule has 1 aliphatic heterocycles. The molecule has 2 aliphatic rings. The van der Waals surface area contributed by atoms with Crippen molar-refractivity contribution in [1.82, 2.24) is 10.3 Å². The van der Waals surface area contributed by atoms with Crippen molar-refractivity contribution in [3.8, 4) is 0 Å². The molecule has 3 nitrogen and oxygen atoms in total. The van der Waals surface area contributed by atoms with E-state index in [1.807, 2.05) is 18.5 Å². The Labute approximate surface area is 109 Å². The van der Waals surface area contributed by atoms with E-state index in [-0.39, 0.29) is 0 Å². The molecular formula is C15H22N2O.